The lowest BCUT2D eigenvalue weighted by atomic mass is 10.1. The average molecular weight is 308 g/mol. The number of likely N-dealkylation sites (N-methyl/N-ethyl adjacent to an activating group) is 1. The van der Waals surface area contributed by atoms with E-state index in [9.17, 15) is 0 Å². The van der Waals surface area contributed by atoms with Gasteiger partial charge in [-0.05, 0) is 30.8 Å². The molecule has 0 fully saturated rings. The fourth-order valence-electron chi connectivity index (χ4n) is 3.03. The van der Waals surface area contributed by atoms with E-state index in [-0.39, 0.29) is 0 Å². The zero-order valence-electron chi connectivity index (χ0n) is 11.5. The first-order valence-corrected chi connectivity index (χ1v) is 7.61. The fourth-order valence-corrected chi connectivity index (χ4v) is 3.30. The maximum atomic E-state index is 6.17. The summed E-state index contributed by atoms with van der Waals surface area (Å²) in [5.74, 6) is 0. The van der Waals surface area contributed by atoms with Crippen molar-refractivity contribution in [1.82, 2.24) is 9.47 Å². The van der Waals surface area contributed by atoms with Crippen LogP contribution in [0, 0.1) is 0 Å². The molecular formula is C15H18ClN3S. The number of rotatable bonds is 3. The molecule has 0 radical (unpaired) electrons. The highest BCUT2D eigenvalue weighted by Crippen LogP contribution is 2.32. The molecular weight excluding hydrogens is 290 g/mol. The van der Waals surface area contributed by atoms with Crippen LogP contribution in [0.25, 0.3) is 10.9 Å². The number of nitrogens with two attached hydrogens (primary N) is 1. The van der Waals surface area contributed by atoms with E-state index in [0.717, 1.165) is 37.5 Å². The molecule has 3 rings (SSSR count). The van der Waals surface area contributed by atoms with Gasteiger partial charge in [0.1, 0.15) is 0 Å². The Morgan fingerprint density at radius 2 is 2.25 bits per heavy atom. The highest BCUT2D eigenvalue weighted by Gasteiger charge is 2.22. The van der Waals surface area contributed by atoms with Gasteiger partial charge in [-0.2, -0.15) is 0 Å². The molecule has 1 aliphatic heterocycles. The lowest BCUT2D eigenvalue weighted by molar-refractivity contribution is 0.309. The SMILES string of the molecule is CN1CCc2c(c3cc(Cl)ccc3n2CCC(N)=S)C1. The molecule has 0 aliphatic carbocycles. The number of aromatic nitrogens is 1. The van der Waals surface area contributed by atoms with Crippen LogP contribution >= 0.6 is 23.8 Å². The van der Waals surface area contributed by atoms with Crippen molar-refractivity contribution in [2.45, 2.75) is 25.9 Å². The molecule has 0 bridgehead atoms. The third-order valence-corrected chi connectivity index (χ3v) is 4.43. The first-order chi connectivity index (χ1) is 9.56. The van der Waals surface area contributed by atoms with Gasteiger partial charge < -0.3 is 15.2 Å². The number of benzene rings is 1. The maximum Gasteiger partial charge on any atom is 0.0745 e. The van der Waals surface area contributed by atoms with E-state index < -0.39 is 0 Å². The highest BCUT2D eigenvalue weighted by molar-refractivity contribution is 7.80. The standard InChI is InChI=1S/C15H18ClN3S/c1-18-6-4-14-12(9-18)11-8-10(16)2-3-13(11)19(14)7-5-15(17)20/h2-3,8H,4-7,9H2,1H3,(H2,17,20). The Morgan fingerprint density at radius 3 is 3.00 bits per heavy atom. The number of hydrogen-bond donors (Lipinski definition) is 1. The Balaban J connectivity index is 2.15. The van der Waals surface area contributed by atoms with Gasteiger partial charge in [0.15, 0.2) is 0 Å². The lowest BCUT2D eigenvalue weighted by Gasteiger charge is -2.24. The minimum Gasteiger partial charge on any atom is -0.393 e. The summed E-state index contributed by atoms with van der Waals surface area (Å²) in [6, 6.07) is 6.14. The normalized spacial score (nSPS) is 15.5. The first kappa shape index (κ1) is 13.9. The van der Waals surface area contributed by atoms with E-state index in [1.165, 1.54) is 22.2 Å². The van der Waals surface area contributed by atoms with Crippen LogP contribution in [0.1, 0.15) is 17.7 Å². The smallest absolute Gasteiger partial charge is 0.0745 e. The molecule has 2 heterocycles. The Bertz CT molecular complexity index is 677. The third kappa shape index (κ3) is 2.43. The number of aryl methyl sites for hydroxylation is 1. The van der Waals surface area contributed by atoms with Crippen molar-refractivity contribution in [1.29, 1.82) is 0 Å². The molecule has 1 aromatic carbocycles. The van der Waals surface area contributed by atoms with Crippen molar-refractivity contribution >= 4 is 39.7 Å². The molecule has 1 aromatic heterocycles. The molecule has 1 aliphatic rings. The topological polar surface area (TPSA) is 34.2 Å². The fraction of sp³-hybridized carbons (Fsp3) is 0.400. The summed E-state index contributed by atoms with van der Waals surface area (Å²) >= 11 is 11.2. The van der Waals surface area contributed by atoms with Crippen LogP contribution in [0.2, 0.25) is 5.02 Å². The number of hydrogen-bond acceptors (Lipinski definition) is 2. The molecule has 2 N–H and O–H groups in total. The average Bonchev–Trinajstić information content (AvgIpc) is 2.69. The summed E-state index contributed by atoms with van der Waals surface area (Å²) in [7, 11) is 2.16. The van der Waals surface area contributed by atoms with E-state index in [2.05, 4.69) is 28.6 Å². The van der Waals surface area contributed by atoms with Crippen LogP contribution in [0.15, 0.2) is 18.2 Å². The molecule has 20 heavy (non-hydrogen) atoms. The number of fused-ring (bicyclic) bond motifs is 3. The van der Waals surface area contributed by atoms with Crippen molar-refractivity contribution in [3.63, 3.8) is 0 Å². The van der Waals surface area contributed by atoms with Crippen molar-refractivity contribution in [3.05, 3.63) is 34.5 Å². The molecule has 106 valence electrons. The Morgan fingerprint density at radius 1 is 1.45 bits per heavy atom. The van der Waals surface area contributed by atoms with Crippen molar-refractivity contribution < 1.29 is 0 Å². The van der Waals surface area contributed by atoms with Crippen LogP contribution in [-0.4, -0.2) is 28.0 Å². The number of nitrogens with zero attached hydrogens (tertiary/aromatic N) is 2. The molecule has 0 saturated carbocycles. The summed E-state index contributed by atoms with van der Waals surface area (Å²) in [6.45, 7) is 2.92. The summed E-state index contributed by atoms with van der Waals surface area (Å²) in [5, 5.41) is 2.06. The van der Waals surface area contributed by atoms with Gasteiger partial charge in [-0.1, -0.05) is 23.8 Å². The second-order valence-electron chi connectivity index (χ2n) is 5.44. The maximum absolute atomic E-state index is 6.17. The minimum atomic E-state index is 0.572. The Kier molecular flexibility index (Phi) is 3.71. The summed E-state index contributed by atoms with van der Waals surface area (Å²) in [4.78, 5) is 2.92. The van der Waals surface area contributed by atoms with Gasteiger partial charge in [-0.3, -0.25) is 0 Å². The van der Waals surface area contributed by atoms with Crippen LogP contribution in [0.4, 0.5) is 0 Å². The summed E-state index contributed by atoms with van der Waals surface area (Å²) in [5.41, 5.74) is 9.72. The van der Waals surface area contributed by atoms with Crippen LogP contribution < -0.4 is 5.73 Å². The molecule has 3 nitrogen and oxygen atoms in total. The van der Waals surface area contributed by atoms with Crippen molar-refractivity contribution in [2.24, 2.45) is 5.73 Å². The Hall–Kier alpha value is -1.10. The van der Waals surface area contributed by atoms with Gasteiger partial charge >= 0.3 is 0 Å². The van der Waals surface area contributed by atoms with E-state index in [4.69, 9.17) is 29.6 Å². The van der Waals surface area contributed by atoms with Crippen molar-refractivity contribution in [3.8, 4) is 0 Å². The van der Waals surface area contributed by atoms with Gasteiger partial charge in [0.05, 0.1) is 4.99 Å². The molecule has 0 spiro atoms. The summed E-state index contributed by atoms with van der Waals surface area (Å²) in [6.07, 6.45) is 1.81. The molecule has 2 aromatic rings. The van der Waals surface area contributed by atoms with Crippen LogP contribution in [0.5, 0.6) is 0 Å². The van der Waals surface area contributed by atoms with E-state index in [1.807, 2.05) is 6.07 Å². The van der Waals surface area contributed by atoms with Crippen LogP contribution in [-0.2, 0) is 19.5 Å². The second-order valence-corrected chi connectivity index (χ2v) is 6.40. The number of thiocarbonyl (C=S) groups is 1. The predicted molar refractivity (Wildman–Crippen MR) is 88.4 cm³/mol. The minimum absolute atomic E-state index is 0.572. The monoisotopic (exact) mass is 307 g/mol. The molecule has 0 unspecified atom stereocenters. The molecule has 0 saturated heterocycles. The number of halogens is 1. The lowest BCUT2D eigenvalue weighted by Crippen LogP contribution is -2.27. The quantitative estimate of drug-likeness (QED) is 0.885. The van der Waals surface area contributed by atoms with Gasteiger partial charge in [0.2, 0.25) is 0 Å². The Labute approximate surface area is 129 Å². The predicted octanol–water partition coefficient (Wildman–Crippen LogP) is 2.96. The largest absolute Gasteiger partial charge is 0.393 e. The van der Waals surface area contributed by atoms with Gasteiger partial charge in [0.25, 0.3) is 0 Å². The second kappa shape index (κ2) is 5.35. The third-order valence-electron chi connectivity index (χ3n) is 3.99. The van der Waals surface area contributed by atoms with Gasteiger partial charge in [0, 0.05) is 54.1 Å². The van der Waals surface area contributed by atoms with E-state index in [1.54, 1.807) is 0 Å². The van der Waals surface area contributed by atoms with E-state index >= 15 is 0 Å². The highest BCUT2D eigenvalue weighted by atomic mass is 35.5. The molecule has 5 heteroatoms. The molecule has 0 amide bonds. The first-order valence-electron chi connectivity index (χ1n) is 6.82. The summed E-state index contributed by atoms with van der Waals surface area (Å²) < 4.78 is 2.37. The zero-order chi connectivity index (χ0) is 14.3. The van der Waals surface area contributed by atoms with Crippen LogP contribution in [0.3, 0.4) is 0 Å². The molecule has 0 atom stereocenters. The van der Waals surface area contributed by atoms with Crippen molar-refractivity contribution in [2.75, 3.05) is 13.6 Å². The zero-order valence-corrected chi connectivity index (χ0v) is 13.1. The van der Waals surface area contributed by atoms with Gasteiger partial charge in [-0.15, -0.1) is 0 Å². The van der Waals surface area contributed by atoms with Gasteiger partial charge in [-0.25, -0.2) is 0 Å². The van der Waals surface area contributed by atoms with E-state index in [0.29, 0.717) is 4.99 Å².